The van der Waals surface area contributed by atoms with Crippen LogP contribution in [-0.2, 0) is 26.3 Å². The van der Waals surface area contributed by atoms with E-state index in [1.165, 1.54) is 0 Å². The third kappa shape index (κ3) is 8.20. The Morgan fingerprint density at radius 2 is 1.67 bits per heavy atom. The second kappa shape index (κ2) is 12.4. The molecule has 0 radical (unpaired) electrons. The lowest BCUT2D eigenvalue weighted by molar-refractivity contribution is 0.0510. The largest absolute Gasteiger partial charge is 0.461 e. The van der Waals surface area contributed by atoms with E-state index in [-0.39, 0.29) is 11.9 Å². The van der Waals surface area contributed by atoms with E-state index in [9.17, 15) is 13.2 Å². The predicted molar refractivity (Wildman–Crippen MR) is 101 cm³/mol. The van der Waals surface area contributed by atoms with Crippen LogP contribution in [0.15, 0.2) is 30.3 Å². The van der Waals surface area contributed by atoms with Crippen molar-refractivity contribution in [3.8, 4) is 0 Å². The van der Waals surface area contributed by atoms with Gasteiger partial charge in [0.25, 0.3) is 0 Å². The fraction of sp³-hybridized carbons (Fsp3) is 0.611. The first-order chi connectivity index (χ1) is 11.6. The molecule has 1 rings (SSSR count). The molecule has 24 heavy (non-hydrogen) atoms. The molecule has 0 spiro atoms. The fourth-order valence-corrected chi connectivity index (χ4v) is 5.55. The monoisotopic (exact) mass is 372 g/mol. The summed E-state index contributed by atoms with van der Waals surface area (Å²) in [5.41, 5.74) is 0.475. The maximum atomic E-state index is 12.4. The highest BCUT2D eigenvalue weighted by Gasteiger charge is 2.21. The normalized spacial score (nSPS) is 14.8. The van der Waals surface area contributed by atoms with E-state index in [0.29, 0.717) is 22.8 Å². The van der Waals surface area contributed by atoms with E-state index in [4.69, 9.17) is 4.74 Å². The molecule has 0 unspecified atom stereocenters. The molecule has 0 aromatic heterocycles. The molecule has 0 N–H and O–H groups in total. The van der Waals surface area contributed by atoms with Crippen molar-refractivity contribution < 1.29 is 17.9 Å². The molecule has 1 aromatic carbocycles. The van der Waals surface area contributed by atoms with Crippen molar-refractivity contribution >= 4 is 27.6 Å². The molecule has 1 aromatic rings. The van der Waals surface area contributed by atoms with Crippen molar-refractivity contribution in [3.63, 3.8) is 0 Å². The highest BCUT2D eigenvalue weighted by Crippen LogP contribution is 2.08. The highest BCUT2D eigenvalue weighted by atomic mass is 32.2. The minimum atomic E-state index is -1.13. The predicted octanol–water partition coefficient (Wildman–Crippen LogP) is 3.31. The lowest BCUT2D eigenvalue weighted by Crippen LogP contribution is -2.31. The average Bonchev–Trinajstić information content (AvgIpc) is 2.61. The summed E-state index contributed by atoms with van der Waals surface area (Å²) in [6, 6.07) is 8.74. The molecule has 0 saturated carbocycles. The Morgan fingerprint density at radius 3 is 2.29 bits per heavy atom. The number of hydrogen-bond donors (Lipinski definition) is 0. The maximum absolute atomic E-state index is 12.4. The smallest absolute Gasteiger partial charge is 0.338 e. The Balaban J connectivity index is 2.61. The molecular weight excluding hydrogens is 344 g/mol. The zero-order valence-electron chi connectivity index (χ0n) is 14.6. The van der Waals surface area contributed by atoms with Crippen LogP contribution in [0.5, 0.6) is 0 Å². The van der Waals surface area contributed by atoms with E-state index in [2.05, 4.69) is 6.92 Å². The Morgan fingerprint density at radius 1 is 1.04 bits per heavy atom. The van der Waals surface area contributed by atoms with E-state index >= 15 is 0 Å². The van der Waals surface area contributed by atoms with Crippen LogP contribution >= 0.6 is 0 Å². The van der Waals surface area contributed by atoms with Crippen molar-refractivity contribution in [2.45, 2.75) is 44.8 Å². The second-order valence-corrected chi connectivity index (χ2v) is 9.15. The average molecular weight is 373 g/mol. The van der Waals surface area contributed by atoms with Crippen molar-refractivity contribution in [1.82, 2.24) is 0 Å². The van der Waals surface area contributed by atoms with E-state index in [0.717, 1.165) is 25.7 Å². The van der Waals surface area contributed by atoms with Gasteiger partial charge in [0.15, 0.2) is 0 Å². The van der Waals surface area contributed by atoms with Gasteiger partial charge in [0.05, 0.1) is 10.8 Å². The van der Waals surface area contributed by atoms with Gasteiger partial charge in [-0.2, -0.15) is 0 Å². The minimum absolute atomic E-state index is 0.0575. The van der Waals surface area contributed by atoms with Gasteiger partial charge in [-0.15, -0.1) is 0 Å². The number of rotatable bonds is 12. The van der Waals surface area contributed by atoms with Crippen LogP contribution < -0.4 is 0 Å². The molecule has 0 amide bonds. The Labute approximate surface area is 150 Å². The first-order valence-electron chi connectivity index (χ1n) is 8.52. The van der Waals surface area contributed by atoms with Crippen LogP contribution in [0.4, 0.5) is 0 Å². The maximum Gasteiger partial charge on any atom is 0.338 e. The summed E-state index contributed by atoms with van der Waals surface area (Å²) in [7, 11) is -2.15. The van der Waals surface area contributed by atoms with E-state index in [1.807, 2.05) is 13.0 Å². The number of ether oxygens (including phenoxy) is 1. The number of unbranched alkanes of at least 4 members (excludes halogenated alkanes) is 2. The molecule has 136 valence electrons. The minimum Gasteiger partial charge on any atom is -0.461 e. The summed E-state index contributed by atoms with van der Waals surface area (Å²) in [6.07, 6.45) is 3.70. The molecule has 0 saturated heterocycles. The topological polar surface area (TPSA) is 60.4 Å². The van der Waals surface area contributed by atoms with Crippen molar-refractivity contribution in [2.24, 2.45) is 0 Å². The van der Waals surface area contributed by atoms with Gasteiger partial charge in [-0.05, 0) is 25.0 Å². The lowest BCUT2D eigenvalue weighted by atomic mass is 10.2. The number of hydrogen-bond acceptors (Lipinski definition) is 4. The van der Waals surface area contributed by atoms with Gasteiger partial charge in [-0.25, -0.2) is 4.79 Å². The van der Waals surface area contributed by atoms with E-state index < -0.39 is 27.6 Å². The summed E-state index contributed by atoms with van der Waals surface area (Å²) in [5.74, 6) is 1.09. The number of carbonyl (C=O) groups is 1. The van der Waals surface area contributed by atoms with Gasteiger partial charge >= 0.3 is 5.97 Å². The second-order valence-electron chi connectivity index (χ2n) is 5.69. The summed E-state index contributed by atoms with van der Waals surface area (Å²) >= 11 is 0. The van der Waals surface area contributed by atoms with Crippen molar-refractivity contribution in [2.75, 3.05) is 23.9 Å². The molecule has 0 fully saturated rings. The van der Waals surface area contributed by atoms with Gasteiger partial charge in [0.1, 0.15) is 6.61 Å². The third-order valence-electron chi connectivity index (χ3n) is 3.58. The molecule has 0 aliphatic heterocycles. The van der Waals surface area contributed by atoms with Crippen LogP contribution in [0.25, 0.3) is 0 Å². The molecule has 0 aliphatic carbocycles. The van der Waals surface area contributed by atoms with Crippen LogP contribution in [0.1, 0.15) is 49.9 Å². The van der Waals surface area contributed by atoms with Crippen LogP contribution in [-0.4, -0.2) is 43.5 Å². The number of esters is 1. The Hall–Kier alpha value is -1.01. The third-order valence-corrected chi connectivity index (χ3v) is 7.04. The summed E-state index contributed by atoms with van der Waals surface area (Å²) < 4.78 is 29.9. The zero-order valence-corrected chi connectivity index (χ0v) is 16.2. The lowest BCUT2D eigenvalue weighted by Gasteiger charge is -2.16. The van der Waals surface area contributed by atoms with Gasteiger partial charge in [-0.1, -0.05) is 44.9 Å². The van der Waals surface area contributed by atoms with Gasteiger partial charge in [-0.3, -0.25) is 8.42 Å². The molecule has 6 heteroatoms. The standard InChI is InChI=1S/C18H28O4S2/c1-3-5-12-23(20)15-17(24(21)13-6-4-2)14-22-18(19)16-10-8-7-9-11-16/h7-11,17H,3-6,12-15H2,1-2H3/t17-,23+,24-/m0/s1. The Kier molecular flexibility index (Phi) is 10.8. The first kappa shape index (κ1) is 21.0. The number of carbonyl (C=O) groups excluding carboxylic acids is 1. The summed E-state index contributed by atoms with van der Waals surface area (Å²) in [6.45, 7) is 4.15. The molecular formula is C18H28O4S2. The molecule has 0 heterocycles. The molecule has 4 nitrogen and oxygen atoms in total. The molecule has 0 bridgehead atoms. The highest BCUT2D eigenvalue weighted by molar-refractivity contribution is 7.89. The summed E-state index contributed by atoms with van der Waals surface area (Å²) in [4.78, 5) is 12.0. The van der Waals surface area contributed by atoms with Gasteiger partial charge < -0.3 is 4.74 Å². The Bertz CT molecular complexity index is 531. The van der Waals surface area contributed by atoms with Crippen molar-refractivity contribution in [3.05, 3.63) is 35.9 Å². The van der Waals surface area contributed by atoms with Crippen molar-refractivity contribution in [1.29, 1.82) is 0 Å². The van der Waals surface area contributed by atoms with Crippen LogP contribution in [0.2, 0.25) is 0 Å². The quantitative estimate of drug-likeness (QED) is 0.528. The van der Waals surface area contributed by atoms with Gasteiger partial charge in [0, 0.05) is 38.9 Å². The van der Waals surface area contributed by atoms with Crippen LogP contribution in [0, 0.1) is 0 Å². The zero-order chi connectivity index (χ0) is 17.8. The number of benzene rings is 1. The van der Waals surface area contributed by atoms with Gasteiger partial charge in [0.2, 0.25) is 0 Å². The first-order valence-corrected chi connectivity index (χ1v) is 11.4. The molecule has 0 aliphatic rings. The fourth-order valence-electron chi connectivity index (χ4n) is 2.08. The summed E-state index contributed by atoms with van der Waals surface area (Å²) in [5, 5.41) is -0.359. The SMILES string of the molecule is CCCC[S@@](=O)C[C@H](COC(=O)c1ccccc1)[S@@](=O)CCCC. The van der Waals surface area contributed by atoms with E-state index in [1.54, 1.807) is 24.3 Å². The molecule has 3 atom stereocenters. The van der Waals surface area contributed by atoms with Crippen LogP contribution in [0.3, 0.4) is 0 Å².